The van der Waals surface area contributed by atoms with Crippen LogP contribution in [0.4, 0.5) is 18.0 Å². The number of piperidine rings is 1. The minimum atomic E-state index is -4.22. The van der Waals surface area contributed by atoms with Gasteiger partial charge in [-0.05, 0) is 32.4 Å². The molecule has 0 saturated carbocycles. The number of likely N-dealkylation sites (tertiary alicyclic amines) is 1. The van der Waals surface area contributed by atoms with Gasteiger partial charge >= 0.3 is 12.2 Å². The molecule has 0 aromatic rings. The van der Waals surface area contributed by atoms with Gasteiger partial charge in [-0.25, -0.2) is 4.79 Å². The maximum atomic E-state index is 11.8. The third-order valence-electron chi connectivity index (χ3n) is 2.97. The molecule has 1 saturated heterocycles. The van der Waals surface area contributed by atoms with Crippen molar-refractivity contribution >= 4 is 6.03 Å². The molecule has 1 heterocycles. The Morgan fingerprint density at radius 2 is 2.11 bits per heavy atom. The summed E-state index contributed by atoms with van der Waals surface area (Å²) in [5.41, 5.74) is 0. The third kappa shape index (κ3) is 6.68. The molecule has 1 unspecified atom stereocenters. The number of alkyl halides is 3. The average molecular weight is 267 g/mol. The molecule has 1 fully saturated rings. The summed E-state index contributed by atoms with van der Waals surface area (Å²) >= 11 is 0. The standard InChI is InChI=1S/C11H20F3N3O/c1-17-6-2-3-9(8-17)7-16-10(18)15-5-4-11(12,13)14/h9H,2-8H2,1H3,(H2,15,16,18). The van der Waals surface area contributed by atoms with E-state index in [-0.39, 0.29) is 6.54 Å². The lowest BCUT2D eigenvalue weighted by Crippen LogP contribution is -2.43. The number of rotatable bonds is 4. The molecule has 0 aromatic heterocycles. The smallest absolute Gasteiger partial charge is 0.338 e. The van der Waals surface area contributed by atoms with Crippen molar-refractivity contribution in [1.82, 2.24) is 15.5 Å². The van der Waals surface area contributed by atoms with E-state index in [0.717, 1.165) is 25.9 Å². The summed E-state index contributed by atoms with van der Waals surface area (Å²) in [6.07, 6.45) is -3.07. The predicted octanol–water partition coefficient (Wildman–Crippen LogP) is 1.58. The minimum Gasteiger partial charge on any atom is -0.338 e. The first-order chi connectivity index (χ1) is 8.37. The van der Waals surface area contributed by atoms with Crippen LogP contribution in [0, 0.1) is 5.92 Å². The normalized spacial score (nSPS) is 21.7. The molecule has 1 aliphatic heterocycles. The van der Waals surface area contributed by atoms with Crippen molar-refractivity contribution in [2.75, 3.05) is 33.2 Å². The lowest BCUT2D eigenvalue weighted by atomic mass is 9.99. The monoisotopic (exact) mass is 267 g/mol. The van der Waals surface area contributed by atoms with E-state index in [1.807, 2.05) is 7.05 Å². The Hall–Kier alpha value is -0.980. The highest BCUT2D eigenvalue weighted by atomic mass is 19.4. The third-order valence-corrected chi connectivity index (χ3v) is 2.97. The number of nitrogens with zero attached hydrogens (tertiary/aromatic N) is 1. The number of amides is 2. The Morgan fingerprint density at radius 1 is 1.39 bits per heavy atom. The van der Waals surface area contributed by atoms with E-state index in [0.29, 0.717) is 12.5 Å². The molecule has 18 heavy (non-hydrogen) atoms. The van der Waals surface area contributed by atoms with Gasteiger partial charge in [-0.2, -0.15) is 13.2 Å². The zero-order valence-electron chi connectivity index (χ0n) is 10.5. The Morgan fingerprint density at radius 3 is 2.72 bits per heavy atom. The highest BCUT2D eigenvalue weighted by molar-refractivity contribution is 5.73. The van der Waals surface area contributed by atoms with Crippen LogP contribution in [0.5, 0.6) is 0 Å². The van der Waals surface area contributed by atoms with Crippen LogP contribution in [0.2, 0.25) is 0 Å². The molecule has 2 amide bonds. The van der Waals surface area contributed by atoms with Crippen LogP contribution in [0.1, 0.15) is 19.3 Å². The summed E-state index contributed by atoms with van der Waals surface area (Å²) in [5, 5.41) is 4.82. The average Bonchev–Trinajstić information content (AvgIpc) is 2.25. The van der Waals surface area contributed by atoms with Crippen LogP contribution in [-0.2, 0) is 0 Å². The molecule has 0 radical (unpaired) electrons. The summed E-state index contributed by atoms with van der Waals surface area (Å²) in [7, 11) is 2.02. The highest BCUT2D eigenvalue weighted by Crippen LogP contribution is 2.18. The zero-order chi connectivity index (χ0) is 13.6. The number of halogens is 3. The fourth-order valence-corrected chi connectivity index (χ4v) is 2.06. The Balaban J connectivity index is 2.09. The van der Waals surface area contributed by atoms with Gasteiger partial charge in [0.05, 0.1) is 6.42 Å². The Labute approximate surface area is 105 Å². The molecule has 1 rings (SSSR count). The van der Waals surface area contributed by atoms with Crippen LogP contribution >= 0.6 is 0 Å². The van der Waals surface area contributed by atoms with Crippen LogP contribution in [0.25, 0.3) is 0 Å². The summed E-state index contributed by atoms with van der Waals surface area (Å²) in [4.78, 5) is 13.4. The van der Waals surface area contributed by atoms with E-state index in [1.165, 1.54) is 0 Å². The topological polar surface area (TPSA) is 44.4 Å². The molecule has 0 bridgehead atoms. The van der Waals surface area contributed by atoms with Crippen molar-refractivity contribution in [3.05, 3.63) is 0 Å². The highest BCUT2D eigenvalue weighted by Gasteiger charge is 2.26. The lowest BCUT2D eigenvalue weighted by molar-refractivity contribution is -0.132. The second kappa shape index (κ2) is 6.82. The molecule has 0 aliphatic carbocycles. The van der Waals surface area contributed by atoms with Crippen LogP contribution < -0.4 is 10.6 Å². The van der Waals surface area contributed by atoms with Crippen molar-refractivity contribution < 1.29 is 18.0 Å². The van der Waals surface area contributed by atoms with Gasteiger partial charge < -0.3 is 15.5 Å². The van der Waals surface area contributed by atoms with Crippen molar-refractivity contribution in [2.24, 2.45) is 5.92 Å². The molecule has 4 nitrogen and oxygen atoms in total. The number of carbonyl (C=O) groups is 1. The van der Waals surface area contributed by atoms with Gasteiger partial charge in [-0.1, -0.05) is 0 Å². The van der Waals surface area contributed by atoms with Crippen LogP contribution in [0.3, 0.4) is 0 Å². The quantitative estimate of drug-likeness (QED) is 0.812. The summed E-state index contributed by atoms with van der Waals surface area (Å²) in [6.45, 7) is 2.12. The van der Waals surface area contributed by atoms with Crippen molar-refractivity contribution in [3.8, 4) is 0 Å². The first-order valence-electron chi connectivity index (χ1n) is 6.14. The molecule has 1 atom stereocenters. The minimum absolute atomic E-state index is 0.375. The number of hydrogen-bond donors (Lipinski definition) is 2. The van der Waals surface area contributed by atoms with Gasteiger partial charge in [0.2, 0.25) is 0 Å². The SMILES string of the molecule is CN1CCCC(CNC(=O)NCCC(F)(F)F)C1. The van der Waals surface area contributed by atoms with E-state index >= 15 is 0 Å². The fourth-order valence-electron chi connectivity index (χ4n) is 2.06. The van der Waals surface area contributed by atoms with Gasteiger partial charge in [-0.3, -0.25) is 0 Å². The summed E-state index contributed by atoms with van der Waals surface area (Å²) < 4.78 is 35.5. The maximum absolute atomic E-state index is 11.8. The number of urea groups is 1. The first kappa shape index (κ1) is 15.1. The number of hydrogen-bond acceptors (Lipinski definition) is 2. The van der Waals surface area contributed by atoms with Gasteiger partial charge in [0.15, 0.2) is 0 Å². The first-order valence-corrected chi connectivity index (χ1v) is 6.14. The summed E-state index contributed by atoms with van der Waals surface area (Å²) in [5.74, 6) is 0.386. The Kier molecular flexibility index (Phi) is 5.71. The van der Waals surface area contributed by atoms with Crippen molar-refractivity contribution in [1.29, 1.82) is 0 Å². The van der Waals surface area contributed by atoms with E-state index in [9.17, 15) is 18.0 Å². The molecule has 2 N–H and O–H groups in total. The van der Waals surface area contributed by atoms with Gasteiger partial charge in [0, 0.05) is 19.6 Å². The second-order valence-electron chi connectivity index (χ2n) is 4.77. The predicted molar refractivity (Wildman–Crippen MR) is 62.3 cm³/mol. The van der Waals surface area contributed by atoms with Gasteiger partial charge in [0.1, 0.15) is 0 Å². The second-order valence-corrected chi connectivity index (χ2v) is 4.77. The zero-order valence-corrected chi connectivity index (χ0v) is 10.5. The molecular formula is C11H20F3N3O. The maximum Gasteiger partial charge on any atom is 0.390 e. The van der Waals surface area contributed by atoms with E-state index < -0.39 is 18.6 Å². The molecule has 1 aliphatic rings. The molecule has 0 spiro atoms. The number of carbonyl (C=O) groups excluding carboxylic acids is 1. The van der Waals surface area contributed by atoms with E-state index in [2.05, 4.69) is 15.5 Å². The molecular weight excluding hydrogens is 247 g/mol. The van der Waals surface area contributed by atoms with Crippen LogP contribution in [0.15, 0.2) is 0 Å². The fraction of sp³-hybridized carbons (Fsp3) is 0.909. The van der Waals surface area contributed by atoms with Gasteiger partial charge in [-0.15, -0.1) is 0 Å². The van der Waals surface area contributed by atoms with Gasteiger partial charge in [0.25, 0.3) is 0 Å². The molecule has 7 heteroatoms. The lowest BCUT2D eigenvalue weighted by Gasteiger charge is -2.29. The van der Waals surface area contributed by atoms with Crippen molar-refractivity contribution in [2.45, 2.75) is 25.4 Å². The Bertz CT molecular complexity index is 271. The summed E-state index contributed by atoms with van der Waals surface area (Å²) in [6, 6.07) is -0.521. The largest absolute Gasteiger partial charge is 0.390 e. The number of nitrogens with one attached hydrogen (secondary N) is 2. The van der Waals surface area contributed by atoms with E-state index in [1.54, 1.807) is 0 Å². The van der Waals surface area contributed by atoms with E-state index in [4.69, 9.17) is 0 Å². The molecule has 0 aromatic carbocycles. The van der Waals surface area contributed by atoms with Crippen LogP contribution in [-0.4, -0.2) is 50.3 Å². The molecule has 106 valence electrons. The van der Waals surface area contributed by atoms with Crippen molar-refractivity contribution in [3.63, 3.8) is 0 Å².